The third-order valence-corrected chi connectivity index (χ3v) is 9.76. The maximum Gasteiger partial charge on any atom is 0.218 e. The van der Waals surface area contributed by atoms with Crippen molar-refractivity contribution in [2.24, 2.45) is 45.5 Å². The highest BCUT2D eigenvalue weighted by molar-refractivity contribution is 5.76. The molecule has 4 heteroatoms. The van der Waals surface area contributed by atoms with E-state index in [0.29, 0.717) is 29.1 Å². The minimum Gasteiger partial charge on any atom is -0.293 e. The van der Waals surface area contributed by atoms with Crippen molar-refractivity contribution in [3.8, 4) is 0 Å². The lowest BCUT2D eigenvalue weighted by Crippen LogP contribution is -2.50. The van der Waals surface area contributed by atoms with Crippen LogP contribution in [-0.2, 0) is 4.79 Å². The molecular formula is C24H37N3O. The molecule has 7 atom stereocenters. The van der Waals surface area contributed by atoms with Gasteiger partial charge in [-0.3, -0.25) is 4.79 Å². The van der Waals surface area contributed by atoms with Crippen LogP contribution in [0.15, 0.2) is 16.8 Å². The van der Waals surface area contributed by atoms with E-state index >= 15 is 0 Å². The van der Waals surface area contributed by atoms with E-state index in [2.05, 4.69) is 36.9 Å². The number of carbonyl (C=O) groups excluding carboxylic acids is 1. The molecule has 28 heavy (non-hydrogen) atoms. The molecular weight excluding hydrogens is 346 g/mol. The van der Waals surface area contributed by atoms with Crippen LogP contribution in [0.3, 0.4) is 0 Å². The van der Waals surface area contributed by atoms with E-state index in [1.54, 1.807) is 5.57 Å². The predicted octanol–water partition coefficient (Wildman–Crippen LogP) is 7.21. The molecule has 0 aromatic heterocycles. The Balaban J connectivity index is 1.49. The summed E-state index contributed by atoms with van der Waals surface area (Å²) in [6.07, 6.45) is 16.2. The summed E-state index contributed by atoms with van der Waals surface area (Å²) < 4.78 is 0. The molecule has 3 fully saturated rings. The topological polar surface area (TPSA) is 65.8 Å². The van der Waals surface area contributed by atoms with E-state index < -0.39 is 0 Å². The van der Waals surface area contributed by atoms with Crippen molar-refractivity contribution in [1.29, 1.82) is 0 Å². The summed E-state index contributed by atoms with van der Waals surface area (Å²) in [6, 6.07) is 0. The summed E-state index contributed by atoms with van der Waals surface area (Å²) in [5.74, 6) is 3.62. The summed E-state index contributed by atoms with van der Waals surface area (Å²) in [4.78, 5) is 14.3. The summed E-state index contributed by atoms with van der Waals surface area (Å²) in [5, 5.41) is 3.26. The molecule has 0 unspecified atom stereocenters. The molecule has 4 aliphatic carbocycles. The highest BCUT2D eigenvalue weighted by atomic mass is 16.1. The molecule has 0 heterocycles. The van der Waals surface area contributed by atoms with Gasteiger partial charge in [-0.25, -0.2) is 0 Å². The summed E-state index contributed by atoms with van der Waals surface area (Å²) in [5.41, 5.74) is 11.2. The molecule has 0 radical (unpaired) electrons. The van der Waals surface area contributed by atoms with Crippen molar-refractivity contribution in [1.82, 2.24) is 0 Å². The van der Waals surface area contributed by atoms with Gasteiger partial charge in [-0.15, -0.1) is 0 Å². The fourth-order valence-electron chi connectivity index (χ4n) is 8.38. The van der Waals surface area contributed by atoms with E-state index in [4.69, 9.17) is 5.53 Å². The minimum atomic E-state index is -0.297. The number of nitrogens with zero attached hydrogens (tertiary/aromatic N) is 3. The zero-order chi connectivity index (χ0) is 19.9. The Morgan fingerprint density at radius 2 is 2.07 bits per heavy atom. The Morgan fingerprint density at radius 1 is 1.25 bits per heavy atom. The summed E-state index contributed by atoms with van der Waals surface area (Å²) >= 11 is 0. The maximum atomic E-state index is 11.7. The number of allylic oxidation sites excluding steroid dienone is 2. The predicted molar refractivity (Wildman–Crippen MR) is 112 cm³/mol. The van der Waals surface area contributed by atoms with E-state index in [1.807, 2.05) is 0 Å². The molecule has 0 spiro atoms. The Bertz CT molecular complexity index is 709. The van der Waals surface area contributed by atoms with Gasteiger partial charge in [0.25, 0.3) is 0 Å². The van der Waals surface area contributed by atoms with Crippen LogP contribution in [0.25, 0.3) is 10.4 Å². The Labute approximate surface area is 170 Å². The van der Waals surface area contributed by atoms with E-state index in [0.717, 1.165) is 24.2 Å². The van der Waals surface area contributed by atoms with Crippen LogP contribution >= 0.6 is 0 Å². The van der Waals surface area contributed by atoms with Crippen LogP contribution in [0.1, 0.15) is 91.4 Å². The van der Waals surface area contributed by atoms with Gasteiger partial charge in [0.2, 0.25) is 5.91 Å². The fourth-order valence-corrected chi connectivity index (χ4v) is 8.38. The van der Waals surface area contributed by atoms with Crippen molar-refractivity contribution in [3.05, 3.63) is 22.1 Å². The van der Waals surface area contributed by atoms with Gasteiger partial charge >= 0.3 is 0 Å². The van der Waals surface area contributed by atoms with Gasteiger partial charge in [-0.1, -0.05) is 32.4 Å². The van der Waals surface area contributed by atoms with Gasteiger partial charge in [-0.2, -0.15) is 0 Å². The third kappa shape index (κ3) is 3.12. The maximum absolute atomic E-state index is 11.7. The highest BCUT2D eigenvalue weighted by Crippen LogP contribution is 2.67. The minimum absolute atomic E-state index is 0.297. The van der Waals surface area contributed by atoms with Gasteiger partial charge in [0, 0.05) is 11.3 Å². The lowest BCUT2D eigenvalue weighted by molar-refractivity contribution is -0.118. The van der Waals surface area contributed by atoms with Gasteiger partial charge in [-0.05, 0) is 115 Å². The van der Waals surface area contributed by atoms with Crippen LogP contribution in [0.2, 0.25) is 0 Å². The quantitative estimate of drug-likeness (QED) is 0.219. The second-order valence-electron chi connectivity index (χ2n) is 10.8. The van der Waals surface area contributed by atoms with Crippen LogP contribution in [0.5, 0.6) is 0 Å². The summed E-state index contributed by atoms with van der Waals surface area (Å²) in [6.45, 7) is 7.50. The average Bonchev–Trinajstić information content (AvgIpc) is 3.03. The van der Waals surface area contributed by atoms with E-state index in [-0.39, 0.29) is 5.91 Å². The second kappa shape index (κ2) is 7.52. The number of hydrogen-bond acceptors (Lipinski definition) is 1. The van der Waals surface area contributed by atoms with E-state index in [1.165, 1.54) is 57.8 Å². The molecule has 0 bridgehead atoms. The molecule has 1 amide bonds. The highest BCUT2D eigenvalue weighted by Gasteiger charge is 2.59. The first-order chi connectivity index (χ1) is 13.4. The van der Waals surface area contributed by atoms with Crippen LogP contribution in [0.4, 0.5) is 0 Å². The molecule has 3 saturated carbocycles. The third-order valence-electron chi connectivity index (χ3n) is 9.76. The number of rotatable bonds is 4. The van der Waals surface area contributed by atoms with Crippen LogP contribution < -0.4 is 0 Å². The lowest BCUT2D eigenvalue weighted by Gasteiger charge is -2.58. The number of amides is 1. The molecule has 0 saturated heterocycles. The Morgan fingerprint density at radius 3 is 2.86 bits per heavy atom. The standard InChI is InChI=1S/C24H37N3O/c1-16(7-12-22(28)26-27-25)19-10-11-20-18-9-8-17-6-4-5-14-23(17,2)21(18)13-15-24(19,20)3/h6,16,18-21H,4-5,7-15H2,1-3H3/t16-,18+,19-,20+,21+,23+,24-/m1/s1. The lowest BCUT2D eigenvalue weighted by atomic mass is 9.46. The Kier molecular flexibility index (Phi) is 5.37. The zero-order valence-electron chi connectivity index (χ0n) is 18.0. The molecule has 4 nitrogen and oxygen atoms in total. The summed E-state index contributed by atoms with van der Waals surface area (Å²) in [7, 11) is 0. The number of azide groups is 1. The smallest absolute Gasteiger partial charge is 0.218 e. The van der Waals surface area contributed by atoms with Gasteiger partial charge in [0.05, 0.1) is 0 Å². The Hall–Kier alpha value is -1.28. The van der Waals surface area contributed by atoms with Crippen molar-refractivity contribution >= 4 is 5.91 Å². The zero-order valence-corrected chi connectivity index (χ0v) is 18.0. The monoisotopic (exact) mass is 383 g/mol. The normalized spacial score (nSPS) is 43.0. The van der Waals surface area contributed by atoms with Crippen molar-refractivity contribution in [3.63, 3.8) is 0 Å². The van der Waals surface area contributed by atoms with Crippen molar-refractivity contribution < 1.29 is 4.79 Å². The average molecular weight is 384 g/mol. The molecule has 0 aliphatic heterocycles. The molecule has 4 rings (SSSR count). The van der Waals surface area contributed by atoms with Crippen LogP contribution in [0, 0.1) is 40.4 Å². The molecule has 4 aliphatic rings. The first kappa shape index (κ1) is 20.0. The van der Waals surface area contributed by atoms with Gasteiger partial charge in [0.15, 0.2) is 0 Å². The van der Waals surface area contributed by atoms with Crippen LogP contribution in [-0.4, -0.2) is 5.91 Å². The molecule has 0 aromatic rings. The van der Waals surface area contributed by atoms with Crippen molar-refractivity contribution in [2.75, 3.05) is 0 Å². The van der Waals surface area contributed by atoms with E-state index in [9.17, 15) is 4.79 Å². The first-order valence-electron chi connectivity index (χ1n) is 11.7. The number of carbonyl (C=O) groups is 1. The fraction of sp³-hybridized carbons (Fsp3) is 0.875. The molecule has 154 valence electrons. The van der Waals surface area contributed by atoms with Gasteiger partial charge < -0.3 is 0 Å². The van der Waals surface area contributed by atoms with Crippen molar-refractivity contribution in [2.45, 2.75) is 91.4 Å². The second-order valence-corrected chi connectivity index (χ2v) is 10.8. The van der Waals surface area contributed by atoms with Gasteiger partial charge in [0.1, 0.15) is 0 Å². The largest absolute Gasteiger partial charge is 0.293 e. The number of fused-ring (bicyclic) bond motifs is 5. The molecule has 0 N–H and O–H groups in total. The first-order valence-corrected chi connectivity index (χ1v) is 11.7. The number of hydrogen-bond donors (Lipinski definition) is 0. The SMILES string of the molecule is C[C@H](CCC(=O)N=[N+]=[N-])[C@H]1CC[C@H]2[C@@H]3CCC4=CCCC[C@]4(C)[C@H]3CC[C@]12C. The molecule has 0 aromatic carbocycles.